The molecule has 0 fully saturated rings. The van der Waals surface area contributed by atoms with E-state index >= 15 is 0 Å². The van der Waals surface area contributed by atoms with Crippen LogP contribution in [0, 0.1) is 0 Å². The predicted molar refractivity (Wildman–Crippen MR) is 86.6 cm³/mol. The van der Waals surface area contributed by atoms with Gasteiger partial charge in [0.2, 0.25) is 0 Å². The van der Waals surface area contributed by atoms with Crippen LogP contribution < -0.4 is 10.9 Å². The number of nitrogens with zero attached hydrogens (tertiary/aromatic N) is 1. The minimum absolute atomic E-state index is 0.0380. The number of nitrogens with one attached hydrogen (secondary N) is 2. The van der Waals surface area contributed by atoms with Gasteiger partial charge in [-0.25, -0.2) is 4.98 Å². The van der Waals surface area contributed by atoms with Crippen molar-refractivity contribution in [3.8, 4) is 0 Å². The van der Waals surface area contributed by atoms with E-state index in [1.165, 1.54) is 6.42 Å². The SMILES string of the molecule is CCCNC(C)CCCSc1nc(CCC)cc(=O)[nH]1. The summed E-state index contributed by atoms with van der Waals surface area (Å²) in [5.74, 6) is 0.997. The summed E-state index contributed by atoms with van der Waals surface area (Å²) in [5, 5.41) is 4.24. The van der Waals surface area contributed by atoms with E-state index in [9.17, 15) is 4.79 Å². The summed E-state index contributed by atoms with van der Waals surface area (Å²) < 4.78 is 0. The van der Waals surface area contributed by atoms with Gasteiger partial charge >= 0.3 is 0 Å². The van der Waals surface area contributed by atoms with E-state index in [0.29, 0.717) is 6.04 Å². The van der Waals surface area contributed by atoms with Crippen molar-refractivity contribution < 1.29 is 0 Å². The molecule has 0 saturated carbocycles. The van der Waals surface area contributed by atoms with Gasteiger partial charge in [0.05, 0.1) is 0 Å². The van der Waals surface area contributed by atoms with Crippen molar-refractivity contribution in [2.45, 2.75) is 64.1 Å². The minimum Gasteiger partial charge on any atom is -0.314 e. The zero-order chi connectivity index (χ0) is 14.8. The summed E-state index contributed by atoms with van der Waals surface area (Å²) in [6, 6.07) is 2.17. The first-order chi connectivity index (χ1) is 9.65. The molecule has 1 heterocycles. The minimum atomic E-state index is -0.0380. The first-order valence-electron chi connectivity index (χ1n) is 7.62. The maximum Gasteiger partial charge on any atom is 0.251 e. The molecular formula is C15H27N3OS. The Morgan fingerprint density at radius 1 is 1.40 bits per heavy atom. The Kier molecular flexibility index (Phi) is 8.62. The zero-order valence-electron chi connectivity index (χ0n) is 12.9. The van der Waals surface area contributed by atoms with Gasteiger partial charge in [-0.2, -0.15) is 0 Å². The highest BCUT2D eigenvalue weighted by atomic mass is 32.2. The molecule has 1 atom stereocenters. The van der Waals surface area contributed by atoms with Crippen LogP contribution in [0.25, 0.3) is 0 Å². The van der Waals surface area contributed by atoms with E-state index < -0.39 is 0 Å². The van der Waals surface area contributed by atoms with E-state index in [-0.39, 0.29) is 5.56 Å². The van der Waals surface area contributed by atoms with Gasteiger partial charge in [0.25, 0.3) is 5.56 Å². The number of hydrogen-bond donors (Lipinski definition) is 2. The Hall–Kier alpha value is -0.810. The lowest BCUT2D eigenvalue weighted by molar-refractivity contribution is 0.510. The summed E-state index contributed by atoms with van der Waals surface area (Å²) in [4.78, 5) is 18.8. The van der Waals surface area contributed by atoms with Crippen molar-refractivity contribution in [1.29, 1.82) is 0 Å². The Bertz CT molecular complexity index is 433. The van der Waals surface area contributed by atoms with Gasteiger partial charge in [0.1, 0.15) is 0 Å². The number of aryl methyl sites for hydroxylation is 1. The molecule has 1 rings (SSSR count). The van der Waals surface area contributed by atoms with Crippen LogP contribution in [0.15, 0.2) is 16.0 Å². The molecule has 0 aliphatic carbocycles. The fourth-order valence-electron chi connectivity index (χ4n) is 1.99. The average molecular weight is 297 g/mol. The van der Waals surface area contributed by atoms with Crippen LogP contribution in [0.4, 0.5) is 0 Å². The third-order valence-electron chi connectivity index (χ3n) is 3.04. The molecule has 0 spiro atoms. The predicted octanol–water partition coefficient (Wildman–Crippen LogP) is 2.98. The van der Waals surface area contributed by atoms with Crippen molar-refractivity contribution in [2.24, 2.45) is 0 Å². The second kappa shape index (κ2) is 10.00. The molecule has 5 heteroatoms. The molecule has 0 aromatic carbocycles. The molecule has 4 nitrogen and oxygen atoms in total. The fraction of sp³-hybridized carbons (Fsp3) is 0.733. The Labute approximate surface area is 126 Å². The number of H-pyrrole nitrogens is 1. The van der Waals surface area contributed by atoms with Crippen LogP contribution in [0.1, 0.15) is 52.1 Å². The number of rotatable bonds is 10. The third kappa shape index (κ3) is 7.10. The van der Waals surface area contributed by atoms with Gasteiger partial charge in [-0.05, 0) is 39.2 Å². The molecule has 1 aromatic heterocycles. The number of aromatic nitrogens is 2. The molecule has 20 heavy (non-hydrogen) atoms. The van der Waals surface area contributed by atoms with Crippen LogP contribution in [0.5, 0.6) is 0 Å². The van der Waals surface area contributed by atoms with E-state index in [0.717, 1.165) is 48.8 Å². The molecule has 2 N–H and O–H groups in total. The highest BCUT2D eigenvalue weighted by molar-refractivity contribution is 7.99. The Morgan fingerprint density at radius 2 is 2.20 bits per heavy atom. The number of hydrogen-bond acceptors (Lipinski definition) is 4. The van der Waals surface area contributed by atoms with Crippen molar-refractivity contribution in [3.63, 3.8) is 0 Å². The highest BCUT2D eigenvalue weighted by Crippen LogP contribution is 2.14. The lowest BCUT2D eigenvalue weighted by atomic mass is 10.2. The van der Waals surface area contributed by atoms with Crippen LogP contribution in [0.3, 0.4) is 0 Å². The monoisotopic (exact) mass is 297 g/mol. The van der Waals surface area contributed by atoms with E-state index in [2.05, 4.69) is 36.1 Å². The van der Waals surface area contributed by atoms with Gasteiger partial charge in [-0.3, -0.25) is 4.79 Å². The van der Waals surface area contributed by atoms with Gasteiger partial charge in [0.15, 0.2) is 5.16 Å². The van der Waals surface area contributed by atoms with E-state index in [1.807, 2.05) is 0 Å². The van der Waals surface area contributed by atoms with Crippen LogP contribution in [-0.2, 0) is 6.42 Å². The smallest absolute Gasteiger partial charge is 0.251 e. The second-order valence-corrected chi connectivity index (χ2v) is 6.22. The molecule has 1 aromatic rings. The first kappa shape index (κ1) is 17.2. The molecule has 0 amide bonds. The Morgan fingerprint density at radius 3 is 2.90 bits per heavy atom. The first-order valence-corrected chi connectivity index (χ1v) is 8.60. The standard InChI is InChI=1S/C15H27N3OS/c1-4-7-13-11-14(19)18-15(17-13)20-10-6-8-12(3)16-9-5-2/h11-12,16H,4-10H2,1-3H3,(H,17,18,19). The van der Waals surface area contributed by atoms with Gasteiger partial charge in [-0.15, -0.1) is 0 Å². The summed E-state index contributed by atoms with van der Waals surface area (Å²) >= 11 is 1.65. The van der Waals surface area contributed by atoms with Crippen LogP contribution in [-0.4, -0.2) is 28.3 Å². The molecule has 0 bridgehead atoms. The normalized spacial score (nSPS) is 12.6. The maximum atomic E-state index is 11.5. The largest absolute Gasteiger partial charge is 0.314 e. The Balaban J connectivity index is 2.33. The highest BCUT2D eigenvalue weighted by Gasteiger charge is 2.03. The zero-order valence-corrected chi connectivity index (χ0v) is 13.7. The summed E-state index contributed by atoms with van der Waals surface area (Å²) in [6.45, 7) is 7.59. The number of aromatic amines is 1. The molecule has 0 aliphatic rings. The molecule has 0 aliphatic heterocycles. The van der Waals surface area contributed by atoms with Crippen molar-refractivity contribution in [2.75, 3.05) is 12.3 Å². The summed E-state index contributed by atoms with van der Waals surface area (Å²) in [7, 11) is 0. The van der Waals surface area contributed by atoms with Gasteiger partial charge < -0.3 is 10.3 Å². The number of thioether (sulfide) groups is 1. The average Bonchev–Trinajstić information content (AvgIpc) is 2.41. The summed E-state index contributed by atoms with van der Waals surface area (Å²) in [6.07, 6.45) is 5.35. The molecule has 114 valence electrons. The van der Waals surface area contributed by atoms with E-state index in [1.54, 1.807) is 17.8 Å². The lowest BCUT2D eigenvalue weighted by Gasteiger charge is -2.12. The maximum absolute atomic E-state index is 11.5. The summed E-state index contributed by atoms with van der Waals surface area (Å²) in [5.41, 5.74) is 0.862. The molecule has 0 saturated heterocycles. The van der Waals surface area contributed by atoms with Gasteiger partial charge in [-0.1, -0.05) is 32.0 Å². The third-order valence-corrected chi connectivity index (χ3v) is 4.00. The lowest BCUT2D eigenvalue weighted by Crippen LogP contribution is -2.26. The topological polar surface area (TPSA) is 57.8 Å². The van der Waals surface area contributed by atoms with Crippen LogP contribution >= 0.6 is 11.8 Å². The van der Waals surface area contributed by atoms with Crippen molar-refractivity contribution in [3.05, 3.63) is 22.1 Å². The quantitative estimate of drug-likeness (QED) is 0.396. The molecule has 0 radical (unpaired) electrons. The van der Waals surface area contributed by atoms with E-state index in [4.69, 9.17) is 0 Å². The second-order valence-electron chi connectivity index (χ2n) is 5.14. The van der Waals surface area contributed by atoms with Crippen molar-refractivity contribution >= 4 is 11.8 Å². The van der Waals surface area contributed by atoms with Gasteiger partial charge in [0, 0.05) is 23.6 Å². The van der Waals surface area contributed by atoms with Crippen LogP contribution in [0.2, 0.25) is 0 Å². The fourth-order valence-corrected chi connectivity index (χ4v) is 2.85. The molecule has 1 unspecified atom stereocenters. The van der Waals surface area contributed by atoms with Crippen molar-refractivity contribution in [1.82, 2.24) is 15.3 Å². The molecular weight excluding hydrogens is 270 g/mol.